The number of fused-ring (bicyclic) bond motifs is 1. The molecule has 1 aromatic heterocycles. The van der Waals surface area contributed by atoms with Crippen molar-refractivity contribution in [1.29, 1.82) is 0 Å². The van der Waals surface area contributed by atoms with E-state index in [1.54, 1.807) is 0 Å². The average Bonchev–Trinajstić information content (AvgIpc) is 2.94. The van der Waals surface area contributed by atoms with Gasteiger partial charge < -0.3 is 9.47 Å². The van der Waals surface area contributed by atoms with Crippen LogP contribution in [-0.4, -0.2) is 23.0 Å². The molecule has 0 aliphatic carbocycles. The molecule has 0 N–H and O–H groups in total. The molecule has 21 heavy (non-hydrogen) atoms. The predicted octanol–water partition coefficient (Wildman–Crippen LogP) is 4.68. The standard InChI is InChI=1S/C16H21BrN2O2/c1-2-3-9-21-16-12-11-18-19(14(12)8-7-13(16)17)15-6-4-5-10-20-15/h7-8,11,15H,2-6,9-10H2,1H3. The van der Waals surface area contributed by atoms with Gasteiger partial charge in [-0.1, -0.05) is 13.3 Å². The maximum atomic E-state index is 5.95. The second-order valence-electron chi connectivity index (χ2n) is 5.42. The zero-order chi connectivity index (χ0) is 14.7. The number of ether oxygens (including phenoxy) is 2. The van der Waals surface area contributed by atoms with E-state index in [0.717, 1.165) is 60.0 Å². The van der Waals surface area contributed by atoms with Gasteiger partial charge >= 0.3 is 0 Å². The summed E-state index contributed by atoms with van der Waals surface area (Å²) < 4.78 is 14.8. The number of aromatic nitrogens is 2. The minimum atomic E-state index is 0.0564. The lowest BCUT2D eigenvalue weighted by Gasteiger charge is -2.23. The molecule has 0 radical (unpaired) electrons. The summed E-state index contributed by atoms with van der Waals surface area (Å²) >= 11 is 3.58. The van der Waals surface area contributed by atoms with Crippen molar-refractivity contribution in [2.24, 2.45) is 0 Å². The predicted molar refractivity (Wildman–Crippen MR) is 86.7 cm³/mol. The van der Waals surface area contributed by atoms with Crippen molar-refractivity contribution in [3.63, 3.8) is 0 Å². The molecule has 0 amide bonds. The van der Waals surface area contributed by atoms with Gasteiger partial charge in [0.1, 0.15) is 5.75 Å². The number of benzene rings is 1. The lowest BCUT2D eigenvalue weighted by Crippen LogP contribution is -2.18. The zero-order valence-electron chi connectivity index (χ0n) is 12.3. The summed E-state index contributed by atoms with van der Waals surface area (Å²) in [6, 6.07) is 4.11. The smallest absolute Gasteiger partial charge is 0.150 e. The van der Waals surface area contributed by atoms with Crippen LogP contribution in [0.5, 0.6) is 5.75 Å². The lowest BCUT2D eigenvalue weighted by molar-refractivity contribution is -0.0366. The molecule has 114 valence electrons. The fraction of sp³-hybridized carbons (Fsp3) is 0.562. The number of rotatable bonds is 5. The molecule has 2 aromatic rings. The monoisotopic (exact) mass is 352 g/mol. The van der Waals surface area contributed by atoms with Gasteiger partial charge in [-0.25, -0.2) is 4.68 Å². The summed E-state index contributed by atoms with van der Waals surface area (Å²) in [4.78, 5) is 0. The van der Waals surface area contributed by atoms with Gasteiger partial charge in [0.25, 0.3) is 0 Å². The molecule has 4 nitrogen and oxygen atoms in total. The van der Waals surface area contributed by atoms with E-state index >= 15 is 0 Å². The minimum Gasteiger partial charge on any atom is -0.492 e. The summed E-state index contributed by atoms with van der Waals surface area (Å²) in [6.07, 6.45) is 7.50. The van der Waals surface area contributed by atoms with E-state index in [2.05, 4.69) is 34.0 Å². The van der Waals surface area contributed by atoms with Crippen LogP contribution in [0.15, 0.2) is 22.8 Å². The van der Waals surface area contributed by atoms with Crippen molar-refractivity contribution in [2.75, 3.05) is 13.2 Å². The normalized spacial score (nSPS) is 19.0. The maximum Gasteiger partial charge on any atom is 0.150 e. The molecular weight excluding hydrogens is 332 g/mol. The summed E-state index contributed by atoms with van der Waals surface area (Å²) in [5.74, 6) is 0.892. The second-order valence-corrected chi connectivity index (χ2v) is 6.28. The van der Waals surface area contributed by atoms with E-state index < -0.39 is 0 Å². The van der Waals surface area contributed by atoms with Crippen molar-refractivity contribution in [2.45, 2.75) is 45.3 Å². The Morgan fingerprint density at radius 3 is 3.10 bits per heavy atom. The molecule has 1 saturated heterocycles. The third-order valence-corrected chi connectivity index (χ3v) is 4.48. The van der Waals surface area contributed by atoms with E-state index in [4.69, 9.17) is 9.47 Å². The topological polar surface area (TPSA) is 36.3 Å². The van der Waals surface area contributed by atoms with E-state index in [1.807, 2.05) is 16.9 Å². The molecule has 1 unspecified atom stereocenters. The van der Waals surface area contributed by atoms with Crippen LogP contribution >= 0.6 is 15.9 Å². The second kappa shape index (κ2) is 6.79. The van der Waals surface area contributed by atoms with Gasteiger partial charge in [0.15, 0.2) is 6.23 Å². The van der Waals surface area contributed by atoms with Crippen molar-refractivity contribution in [3.8, 4) is 5.75 Å². The Kier molecular flexibility index (Phi) is 4.80. The van der Waals surface area contributed by atoms with Crippen LogP contribution in [-0.2, 0) is 4.74 Å². The first-order valence-electron chi connectivity index (χ1n) is 7.71. The fourth-order valence-corrected chi connectivity index (χ4v) is 3.14. The summed E-state index contributed by atoms with van der Waals surface area (Å²) in [7, 11) is 0. The van der Waals surface area contributed by atoms with Crippen LogP contribution in [0.4, 0.5) is 0 Å². The van der Waals surface area contributed by atoms with Crippen LogP contribution in [0, 0.1) is 0 Å². The van der Waals surface area contributed by atoms with E-state index in [9.17, 15) is 0 Å². The largest absolute Gasteiger partial charge is 0.492 e. The molecule has 2 heterocycles. The first kappa shape index (κ1) is 14.9. The highest BCUT2D eigenvalue weighted by molar-refractivity contribution is 9.10. The average molecular weight is 353 g/mol. The zero-order valence-corrected chi connectivity index (χ0v) is 13.9. The van der Waals surface area contributed by atoms with Crippen LogP contribution < -0.4 is 4.74 Å². The molecule has 0 spiro atoms. The number of unbranched alkanes of at least 4 members (excludes halogenated alkanes) is 1. The molecule has 1 aliphatic heterocycles. The Bertz CT molecular complexity index is 606. The SMILES string of the molecule is CCCCOc1c(Br)ccc2c1cnn2C1CCCCO1. The van der Waals surface area contributed by atoms with Gasteiger partial charge in [-0.2, -0.15) is 5.10 Å². The van der Waals surface area contributed by atoms with Crippen molar-refractivity contribution in [1.82, 2.24) is 9.78 Å². The Morgan fingerprint density at radius 2 is 2.33 bits per heavy atom. The molecule has 1 aromatic carbocycles. The highest BCUT2D eigenvalue weighted by Crippen LogP contribution is 2.36. The molecule has 0 bridgehead atoms. The highest BCUT2D eigenvalue weighted by Gasteiger charge is 2.20. The molecule has 1 aliphatic rings. The summed E-state index contributed by atoms with van der Waals surface area (Å²) in [5.41, 5.74) is 1.08. The molecule has 3 rings (SSSR count). The fourth-order valence-electron chi connectivity index (χ4n) is 2.68. The van der Waals surface area contributed by atoms with Gasteiger partial charge in [0.2, 0.25) is 0 Å². The van der Waals surface area contributed by atoms with Crippen molar-refractivity contribution >= 4 is 26.8 Å². The maximum absolute atomic E-state index is 5.95. The summed E-state index contributed by atoms with van der Waals surface area (Å²) in [6.45, 7) is 3.72. The third kappa shape index (κ3) is 3.09. The van der Waals surface area contributed by atoms with E-state index in [1.165, 1.54) is 6.42 Å². The Labute approximate surface area is 133 Å². The minimum absolute atomic E-state index is 0.0564. The van der Waals surface area contributed by atoms with Crippen LogP contribution in [0.2, 0.25) is 0 Å². The number of hydrogen-bond donors (Lipinski definition) is 0. The van der Waals surface area contributed by atoms with Crippen LogP contribution in [0.3, 0.4) is 0 Å². The molecule has 1 fully saturated rings. The Balaban J connectivity index is 1.92. The van der Waals surface area contributed by atoms with Crippen LogP contribution in [0.25, 0.3) is 10.9 Å². The summed E-state index contributed by atoms with van der Waals surface area (Å²) in [5, 5.41) is 5.59. The van der Waals surface area contributed by atoms with Gasteiger partial charge in [0, 0.05) is 6.61 Å². The molecule has 0 saturated carbocycles. The molecule has 1 atom stereocenters. The third-order valence-electron chi connectivity index (χ3n) is 3.86. The number of nitrogens with zero attached hydrogens (tertiary/aromatic N) is 2. The van der Waals surface area contributed by atoms with Gasteiger partial charge in [-0.05, 0) is 53.7 Å². The molecule has 5 heteroatoms. The lowest BCUT2D eigenvalue weighted by atomic mass is 10.2. The highest BCUT2D eigenvalue weighted by atomic mass is 79.9. The van der Waals surface area contributed by atoms with Gasteiger partial charge in [-0.15, -0.1) is 0 Å². The number of hydrogen-bond acceptors (Lipinski definition) is 3. The molecular formula is C16H21BrN2O2. The Morgan fingerprint density at radius 1 is 1.43 bits per heavy atom. The first-order valence-corrected chi connectivity index (χ1v) is 8.50. The first-order chi connectivity index (χ1) is 10.3. The van der Waals surface area contributed by atoms with Crippen molar-refractivity contribution < 1.29 is 9.47 Å². The Hall–Kier alpha value is -1.07. The quantitative estimate of drug-likeness (QED) is 0.733. The van der Waals surface area contributed by atoms with E-state index in [0.29, 0.717) is 0 Å². The van der Waals surface area contributed by atoms with Crippen LogP contribution in [0.1, 0.15) is 45.3 Å². The van der Waals surface area contributed by atoms with E-state index in [-0.39, 0.29) is 6.23 Å². The van der Waals surface area contributed by atoms with Gasteiger partial charge in [-0.3, -0.25) is 0 Å². The van der Waals surface area contributed by atoms with Gasteiger partial charge in [0.05, 0.1) is 28.2 Å². The number of halogens is 1. The van der Waals surface area contributed by atoms with Crippen molar-refractivity contribution in [3.05, 3.63) is 22.8 Å².